The van der Waals surface area contributed by atoms with Crippen LogP contribution < -0.4 is 23.8 Å². The third kappa shape index (κ3) is 6.65. The van der Waals surface area contributed by atoms with Gasteiger partial charge in [-0.2, -0.15) is 0 Å². The first kappa shape index (κ1) is 26.2. The van der Waals surface area contributed by atoms with Gasteiger partial charge in [-0.05, 0) is 74.0 Å². The topological polar surface area (TPSA) is 69.6 Å². The first-order chi connectivity index (χ1) is 18.1. The maximum Gasteiger partial charge on any atom is 0.283 e. The fourth-order valence-electron chi connectivity index (χ4n) is 3.69. The van der Waals surface area contributed by atoms with Gasteiger partial charge in [-0.3, -0.25) is 9.69 Å². The molecule has 0 saturated carbocycles. The predicted octanol–water partition coefficient (Wildman–Crippen LogP) is 6.05. The van der Waals surface area contributed by atoms with E-state index < -0.39 is 0 Å². The summed E-state index contributed by atoms with van der Waals surface area (Å²) < 4.78 is 22.4. The zero-order valence-electron chi connectivity index (χ0n) is 21.2. The van der Waals surface area contributed by atoms with Crippen LogP contribution in [-0.2, 0) is 4.79 Å². The lowest BCUT2D eigenvalue weighted by Gasteiger charge is -2.18. The first-order valence-corrected chi connectivity index (χ1v) is 13.1. The van der Waals surface area contributed by atoms with Crippen molar-refractivity contribution < 1.29 is 23.7 Å². The Labute approximate surface area is 221 Å². The molecule has 1 aliphatic heterocycles. The number of nitrogens with zero attached hydrogens (tertiary/aromatic N) is 2. The summed E-state index contributed by atoms with van der Waals surface area (Å²) in [4.78, 5) is 19.8. The van der Waals surface area contributed by atoms with E-state index in [1.807, 2.05) is 86.6 Å². The summed E-state index contributed by atoms with van der Waals surface area (Å²) in [5.41, 5.74) is 1.85. The van der Waals surface area contributed by atoms with Crippen LogP contribution in [-0.4, -0.2) is 43.8 Å². The number of thioether (sulfide) groups is 1. The molecule has 1 amide bonds. The zero-order valence-corrected chi connectivity index (χ0v) is 22.0. The molecule has 0 radical (unpaired) electrons. The summed E-state index contributed by atoms with van der Waals surface area (Å²) in [5, 5.41) is 0.593. The number of benzene rings is 3. The maximum absolute atomic E-state index is 13.5. The monoisotopic (exact) mass is 518 g/mol. The molecule has 1 heterocycles. The summed E-state index contributed by atoms with van der Waals surface area (Å²) in [7, 11) is 1.59. The summed E-state index contributed by atoms with van der Waals surface area (Å²) in [6, 6.07) is 22.6. The maximum atomic E-state index is 13.5. The van der Waals surface area contributed by atoms with E-state index in [0.29, 0.717) is 47.9 Å². The summed E-state index contributed by atoms with van der Waals surface area (Å²) in [5.74, 6) is 3.22. The van der Waals surface area contributed by atoms with Crippen molar-refractivity contribution in [1.82, 2.24) is 0 Å². The number of aliphatic imine (C=N–C) groups is 1. The number of hydrogen-bond donors (Lipinski definition) is 0. The van der Waals surface area contributed by atoms with Gasteiger partial charge in [0.15, 0.2) is 16.7 Å². The summed E-state index contributed by atoms with van der Waals surface area (Å²) in [6.45, 7) is 5.44. The molecule has 0 N–H and O–H groups in total. The molecule has 4 rings (SSSR count). The molecule has 7 nitrogen and oxygen atoms in total. The fraction of sp³-hybridized carbons (Fsp3) is 0.241. The molecule has 37 heavy (non-hydrogen) atoms. The van der Waals surface area contributed by atoms with Gasteiger partial charge in [-0.15, -0.1) is 0 Å². The number of methoxy groups -OCH3 is 1. The number of carbonyl (C=O) groups excluding carboxylic acids is 1. The second-order valence-electron chi connectivity index (χ2n) is 7.84. The summed E-state index contributed by atoms with van der Waals surface area (Å²) >= 11 is 1.47. The number of para-hydroxylation sites is 1. The Morgan fingerprint density at radius 2 is 1.59 bits per heavy atom. The lowest BCUT2D eigenvalue weighted by atomic mass is 10.1. The molecule has 0 bridgehead atoms. The van der Waals surface area contributed by atoms with Crippen LogP contribution in [0.1, 0.15) is 19.4 Å². The fourth-order valence-corrected chi connectivity index (χ4v) is 4.52. The van der Waals surface area contributed by atoms with Crippen molar-refractivity contribution in [2.45, 2.75) is 13.8 Å². The minimum absolute atomic E-state index is 0.205. The molecule has 192 valence electrons. The molecule has 0 unspecified atom stereocenters. The molecule has 3 aromatic rings. The second-order valence-corrected chi connectivity index (χ2v) is 8.91. The van der Waals surface area contributed by atoms with Crippen LogP contribution >= 0.6 is 11.8 Å². The number of anilines is 1. The van der Waals surface area contributed by atoms with Crippen molar-refractivity contribution in [3.63, 3.8) is 0 Å². The van der Waals surface area contributed by atoms with Crippen LogP contribution in [0.2, 0.25) is 0 Å². The van der Waals surface area contributed by atoms with E-state index in [-0.39, 0.29) is 5.91 Å². The Kier molecular flexibility index (Phi) is 9.10. The zero-order chi connectivity index (χ0) is 26.0. The van der Waals surface area contributed by atoms with Gasteiger partial charge in [0, 0.05) is 5.75 Å². The van der Waals surface area contributed by atoms with Crippen LogP contribution in [0, 0.1) is 0 Å². The van der Waals surface area contributed by atoms with Crippen molar-refractivity contribution in [3.05, 3.63) is 84.1 Å². The SMILES string of the molecule is CCOc1ccc(N2C(=O)/C(=C/c3ccc(OCC)c(OC)c3)N=C2SCCOc2ccccc2)cc1. The molecule has 8 heteroatoms. The van der Waals surface area contributed by atoms with Gasteiger partial charge in [0.25, 0.3) is 5.91 Å². The standard InChI is InChI=1S/C29H30N2O5S/c1-4-34-24-14-12-22(13-15-24)31-28(32)25(19-21-11-16-26(35-5-2)27(20-21)33-3)30-29(31)37-18-17-36-23-9-7-6-8-10-23/h6-16,19-20H,4-5,17-18H2,1-3H3/b25-19-. The van der Waals surface area contributed by atoms with E-state index in [0.717, 1.165) is 22.7 Å². The Balaban J connectivity index is 1.57. The van der Waals surface area contributed by atoms with Gasteiger partial charge in [-0.25, -0.2) is 4.99 Å². The number of ether oxygens (including phenoxy) is 4. The number of amidine groups is 1. The van der Waals surface area contributed by atoms with Crippen LogP contribution in [0.5, 0.6) is 23.0 Å². The Hall–Kier alpha value is -3.91. The van der Waals surface area contributed by atoms with Crippen molar-refractivity contribution in [2.24, 2.45) is 4.99 Å². The van der Waals surface area contributed by atoms with Crippen molar-refractivity contribution in [3.8, 4) is 23.0 Å². The first-order valence-electron chi connectivity index (χ1n) is 12.1. The van der Waals surface area contributed by atoms with Gasteiger partial charge in [0.05, 0.1) is 32.6 Å². The lowest BCUT2D eigenvalue weighted by molar-refractivity contribution is -0.113. The van der Waals surface area contributed by atoms with Gasteiger partial charge in [-0.1, -0.05) is 36.0 Å². The minimum atomic E-state index is -0.205. The van der Waals surface area contributed by atoms with Gasteiger partial charge < -0.3 is 18.9 Å². The molecule has 0 spiro atoms. The lowest BCUT2D eigenvalue weighted by Crippen LogP contribution is -2.30. The van der Waals surface area contributed by atoms with E-state index in [2.05, 4.69) is 0 Å². The van der Waals surface area contributed by atoms with Crippen LogP contribution in [0.25, 0.3) is 6.08 Å². The highest BCUT2D eigenvalue weighted by Gasteiger charge is 2.32. The quantitative estimate of drug-likeness (QED) is 0.227. The van der Waals surface area contributed by atoms with Crippen molar-refractivity contribution in [2.75, 3.05) is 37.6 Å². The largest absolute Gasteiger partial charge is 0.494 e. The molecule has 1 aliphatic rings. The van der Waals surface area contributed by atoms with E-state index in [1.54, 1.807) is 18.1 Å². The third-order valence-electron chi connectivity index (χ3n) is 5.35. The van der Waals surface area contributed by atoms with Crippen molar-refractivity contribution >= 4 is 34.6 Å². The predicted molar refractivity (Wildman–Crippen MR) is 149 cm³/mol. The molecular weight excluding hydrogens is 488 g/mol. The Morgan fingerprint density at radius 1 is 0.865 bits per heavy atom. The molecule has 0 aliphatic carbocycles. The summed E-state index contributed by atoms with van der Waals surface area (Å²) in [6.07, 6.45) is 1.76. The smallest absolute Gasteiger partial charge is 0.283 e. The number of hydrogen-bond acceptors (Lipinski definition) is 7. The second kappa shape index (κ2) is 12.9. The van der Waals surface area contributed by atoms with Gasteiger partial charge in [0.1, 0.15) is 17.2 Å². The number of rotatable bonds is 11. The molecule has 0 saturated heterocycles. The average molecular weight is 519 g/mol. The Bertz CT molecular complexity index is 1260. The normalized spacial score (nSPS) is 14.0. The minimum Gasteiger partial charge on any atom is -0.494 e. The van der Waals surface area contributed by atoms with E-state index in [4.69, 9.17) is 23.9 Å². The van der Waals surface area contributed by atoms with E-state index >= 15 is 0 Å². The molecule has 0 aromatic heterocycles. The highest BCUT2D eigenvalue weighted by atomic mass is 32.2. The van der Waals surface area contributed by atoms with Crippen LogP contribution in [0.15, 0.2) is 83.5 Å². The van der Waals surface area contributed by atoms with Gasteiger partial charge in [0.2, 0.25) is 0 Å². The average Bonchev–Trinajstić information content (AvgIpc) is 3.23. The molecule has 0 fully saturated rings. The van der Waals surface area contributed by atoms with Crippen molar-refractivity contribution in [1.29, 1.82) is 0 Å². The highest BCUT2D eigenvalue weighted by molar-refractivity contribution is 8.14. The third-order valence-corrected chi connectivity index (χ3v) is 6.26. The van der Waals surface area contributed by atoms with Crippen LogP contribution in [0.3, 0.4) is 0 Å². The van der Waals surface area contributed by atoms with Crippen LogP contribution in [0.4, 0.5) is 5.69 Å². The molecular formula is C29H30N2O5S. The highest BCUT2D eigenvalue weighted by Crippen LogP contribution is 2.33. The molecule has 3 aromatic carbocycles. The number of amides is 1. The van der Waals surface area contributed by atoms with E-state index in [1.165, 1.54) is 11.8 Å². The van der Waals surface area contributed by atoms with Gasteiger partial charge >= 0.3 is 0 Å². The molecule has 0 atom stereocenters. The number of carbonyl (C=O) groups is 1. The Morgan fingerprint density at radius 3 is 2.30 bits per heavy atom. The van der Waals surface area contributed by atoms with E-state index in [9.17, 15) is 4.79 Å².